The molecule has 6 nitrogen and oxygen atoms in total. The third kappa shape index (κ3) is 3.96. The minimum atomic E-state index is -0.461. The first-order chi connectivity index (χ1) is 13.2. The van der Waals surface area contributed by atoms with E-state index in [-0.39, 0.29) is 17.7 Å². The second kappa shape index (κ2) is 7.66. The van der Waals surface area contributed by atoms with Crippen molar-refractivity contribution >= 4 is 5.91 Å². The van der Waals surface area contributed by atoms with Crippen molar-refractivity contribution in [3.05, 3.63) is 41.5 Å². The van der Waals surface area contributed by atoms with Crippen LogP contribution in [0.3, 0.4) is 0 Å². The van der Waals surface area contributed by atoms with Crippen molar-refractivity contribution in [1.82, 2.24) is 20.1 Å². The number of amides is 1. The maximum absolute atomic E-state index is 13.6. The lowest BCUT2D eigenvalue weighted by atomic mass is 9.97. The van der Waals surface area contributed by atoms with Gasteiger partial charge < -0.3 is 9.64 Å². The van der Waals surface area contributed by atoms with Crippen molar-refractivity contribution in [2.45, 2.75) is 38.0 Å². The van der Waals surface area contributed by atoms with E-state index < -0.39 is 6.67 Å². The van der Waals surface area contributed by atoms with Crippen molar-refractivity contribution in [3.63, 3.8) is 0 Å². The quantitative estimate of drug-likeness (QED) is 0.811. The number of aromatic nitrogens is 3. The Morgan fingerprint density at radius 3 is 2.74 bits per heavy atom. The summed E-state index contributed by atoms with van der Waals surface area (Å²) < 4.78 is 19.0. The summed E-state index contributed by atoms with van der Waals surface area (Å²) in [5, 5.41) is 7.26. The second-order valence-electron chi connectivity index (χ2n) is 7.43. The fraction of sp³-hybridized carbons (Fsp3) is 0.550. The molecule has 1 aliphatic heterocycles. The highest BCUT2D eigenvalue weighted by Gasteiger charge is 2.39. The number of carbonyl (C=O) groups excluding carboxylic acids is 1. The Balaban J connectivity index is 1.40. The molecule has 0 radical (unpaired) electrons. The third-order valence-corrected chi connectivity index (χ3v) is 5.40. The molecule has 1 saturated carbocycles. The molecule has 1 saturated heterocycles. The lowest BCUT2D eigenvalue weighted by Crippen LogP contribution is -2.30. The Bertz CT molecular complexity index is 788. The minimum absolute atomic E-state index is 0.0158. The number of hydrogen-bond donors (Lipinski definition) is 1. The molecule has 2 aliphatic rings. The van der Waals surface area contributed by atoms with E-state index in [1.165, 1.54) is 0 Å². The molecule has 2 heterocycles. The van der Waals surface area contributed by atoms with Crippen molar-refractivity contribution in [2.24, 2.45) is 5.92 Å². The fourth-order valence-electron chi connectivity index (χ4n) is 3.68. The first-order valence-electron chi connectivity index (χ1n) is 9.65. The summed E-state index contributed by atoms with van der Waals surface area (Å²) in [5.41, 5.74) is 0.930. The number of aromatic amines is 1. The van der Waals surface area contributed by atoms with Crippen LogP contribution in [-0.2, 0) is 11.2 Å². The molecular formula is C20H25FN4O2. The number of hydrogen-bond acceptors (Lipinski definition) is 4. The maximum Gasteiger partial charge on any atom is 0.227 e. The van der Waals surface area contributed by atoms with Gasteiger partial charge >= 0.3 is 0 Å². The minimum Gasteiger partial charge on any atom is -0.494 e. The van der Waals surface area contributed by atoms with E-state index in [9.17, 15) is 9.18 Å². The highest BCUT2D eigenvalue weighted by atomic mass is 19.1. The molecule has 0 unspecified atom stereocenters. The van der Waals surface area contributed by atoms with Gasteiger partial charge in [0.05, 0.1) is 19.7 Å². The largest absolute Gasteiger partial charge is 0.494 e. The van der Waals surface area contributed by atoms with Gasteiger partial charge in [0.15, 0.2) is 5.82 Å². The standard InChI is InChI=1S/C20H25FN4O2/c1-2-27-16-7-3-13(4-8-16)9-18(26)25-11-15(10-21)17(12-25)20-22-19(23-24-20)14-5-6-14/h3-4,7-8,14-15,17H,2,5-6,9-12H2,1H3,(H,22,23,24)/t15-,17-/m1/s1. The van der Waals surface area contributed by atoms with Crippen LogP contribution in [0.25, 0.3) is 0 Å². The molecular weight excluding hydrogens is 347 g/mol. The number of benzene rings is 1. The zero-order valence-electron chi connectivity index (χ0n) is 15.5. The number of carbonyl (C=O) groups is 1. The van der Waals surface area contributed by atoms with Gasteiger partial charge in [-0.15, -0.1) is 0 Å². The first kappa shape index (κ1) is 17.9. The van der Waals surface area contributed by atoms with Gasteiger partial charge in [0.2, 0.25) is 5.91 Å². The lowest BCUT2D eigenvalue weighted by Gasteiger charge is -2.16. The van der Waals surface area contributed by atoms with E-state index in [0.29, 0.717) is 32.0 Å². The number of rotatable bonds is 7. The molecule has 1 aromatic heterocycles. The van der Waals surface area contributed by atoms with E-state index in [2.05, 4.69) is 15.2 Å². The van der Waals surface area contributed by atoms with E-state index in [0.717, 1.165) is 35.8 Å². The van der Waals surface area contributed by atoms with Gasteiger partial charge in [0.1, 0.15) is 11.6 Å². The molecule has 1 amide bonds. The summed E-state index contributed by atoms with van der Waals surface area (Å²) in [6.45, 7) is 3.00. The molecule has 1 aromatic carbocycles. The Labute approximate surface area is 158 Å². The molecule has 144 valence electrons. The van der Waals surface area contributed by atoms with Gasteiger partial charge in [-0.2, -0.15) is 5.10 Å². The molecule has 0 spiro atoms. The van der Waals surface area contributed by atoms with Crippen LogP contribution in [-0.4, -0.2) is 52.4 Å². The molecule has 1 N–H and O–H groups in total. The summed E-state index contributed by atoms with van der Waals surface area (Å²) in [6, 6.07) is 7.55. The van der Waals surface area contributed by atoms with Crippen LogP contribution in [0.15, 0.2) is 24.3 Å². The topological polar surface area (TPSA) is 71.1 Å². The van der Waals surface area contributed by atoms with Crippen molar-refractivity contribution in [2.75, 3.05) is 26.4 Å². The Morgan fingerprint density at radius 2 is 2.07 bits per heavy atom. The lowest BCUT2D eigenvalue weighted by molar-refractivity contribution is -0.129. The monoisotopic (exact) mass is 372 g/mol. The molecule has 2 aromatic rings. The van der Waals surface area contributed by atoms with Gasteiger partial charge in [-0.05, 0) is 37.5 Å². The van der Waals surface area contributed by atoms with Gasteiger partial charge in [-0.3, -0.25) is 14.3 Å². The Hall–Kier alpha value is -2.44. The number of nitrogens with one attached hydrogen (secondary N) is 1. The molecule has 27 heavy (non-hydrogen) atoms. The van der Waals surface area contributed by atoms with E-state index >= 15 is 0 Å². The first-order valence-corrected chi connectivity index (χ1v) is 9.65. The zero-order chi connectivity index (χ0) is 18.8. The maximum atomic E-state index is 13.6. The van der Waals surface area contributed by atoms with Crippen LogP contribution in [0.5, 0.6) is 5.75 Å². The Morgan fingerprint density at radius 1 is 1.30 bits per heavy atom. The highest BCUT2D eigenvalue weighted by molar-refractivity contribution is 5.79. The van der Waals surface area contributed by atoms with Crippen LogP contribution in [0, 0.1) is 5.92 Å². The summed E-state index contributed by atoms with van der Waals surface area (Å²) in [4.78, 5) is 19.0. The summed E-state index contributed by atoms with van der Waals surface area (Å²) in [6.07, 6.45) is 2.56. The van der Waals surface area contributed by atoms with Gasteiger partial charge in [-0.25, -0.2) is 4.98 Å². The molecule has 0 bridgehead atoms. The molecule has 2 atom stereocenters. The number of H-pyrrole nitrogens is 1. The average molecular weight is 372 g/mol. The van der Waals surface area contributed by atoms with E-state index in [1.54, 1.807) is 4.90 Å². The fourth-order valence-corrected chi connectivity index (χ4v) is 3.68. The second-order valence-corrected chi connectivity index (χ2v) is 7.43. The predicted octanol–water partition coefficient (Wildman–Crippen LogP) is 2.84. The number of likely N-dealkylation sites (tertiary alicyclic amines) is 1. The van der Waals surface area contributed by atoms with Crippen molar-refractivity contribution in [3.8, 4) is 5.75 Å². The molecule has 1 aliphatic carbocycles. The smallest absolute Gasteiger partial charge is 0.227 e. The zero-order valence-corrected chi connectivity index (χ0v) is 15.5. The van der Waals surface area contributed by atoms with Gasteiger partial charge in [0.25, 0.3) is 0 Å². The van der Waals surface area contributed by atoms with Crippen molar-refractivity contribution in [1.29, 1.82) is 0 Å². The molecule has 4 rings (SSSR count). The third-order valence-electron chi connectivity index (χ3n) is 5.40. The Kier molecular flexibility index (Phi) is 5.09. The van der Waals surface area contributed by atoms with Crippen LogP contribution in [0.2, 0.25) is 0 Å². The van der Waals surface area contributed by atoms with Crippen LogP contribution >= 0.6 is 0 Å². The molecule has 7 heteroatoms. The molecule has 2 fully saturated rings. The number of nitrogens with zero attached hydrogens (tertiary/aromatic N) is 3. The summed E-state index contributed by atoms with van der Waals surface area (Å²) in [7, 11) is 0. The average Bonchev–Trinajstić information content (AvgIpc) is 3.25. The van der Waals surface area contributed by atoms with Crippen LogP contribution in [0.4, 0.5) is 4.39 Å². The van der Waals surface area contributed by atoms with Gasteiger partial charge in [0, 0.05) is 30.8 Å². The van der Waals surface area contributed by atoms with Crippen LogP contribution < -0.4 is 4.74 Å². The normalized spacial score (nSPS) is 22.2. The summed E-state index contributed by atoms with van der Waals surface area (Å²) >= 11 is 0. The highest BCUT2D eigenvalue weighted by Crippen LogP contribution is 2.39. The van der Waals surface area contributed by atoms with Gasteiger partial charge in [-0.1, -0.05) is 12.1 Å². The summed E-state index contributed by atoms with van der Waals surface area (Å²) in [5.74, 6) is 2.48. The van der Waals surface area contributed by atoms with Crippen molar-refractivity contribution < 1.29 is 13.9 Å². The predicted molar refractivity (Wildman–Crippen MR) is 98.5 cm³/mol. The van der Waals surface area contributed by atoms with Crippen LogP contribution in [0.1, 0.15) is 48.8 Å². The number of ether oxygens (including phenoxy) is 1. The number of alkyl halides is 1. The van der Waals surface area contributed by atoms with E-state index in [1.807, 2.05) is 31.2 Å². The SMILES string of the molecule is CCOc1ccc(CC(=O)N2C[C@@H](CF)[C@H](c3nc(C4CC4)n[nH]3)C2)cc1. The number of halogens is 1. The van der Waals surface area contributed by atoms with E-state index in [4.69, 9.17) is 4.74 Å².